The Morgan fingerprint density at radius 1 is 1.42 bits per heavy atom. The van der Waals surface area contributed by atoms with E-state index in [-0.39, 0.29) is 0 Å². The van der Waals surface area contributed by atoms with Gasteiger partial charge in [0, 0.05) is 12.4 Å². The molecule has 0 spiro atoms. The van der Waals surface area contributed by atoms with Crippen LogP contribution < -0.4 is 0 Å². The van der Waals surface area contributed by atoms with Gasteiger partial charge >= 0.3 is 0 Å². The predicted molar refractivity (Wildman–Crippen MR) is 50.6 cm³/mol. The Morgan fingerprint density at radius 2 is 2.33 bits per heavy atom. The monoisotopic (exact) mass is 160 g/mol. The number of hydrogen-bond acceptors (Lipinski definition) is 1. The molecule has 62 valence electrons. The van der Waals surface area contributed by atoms with Gasteiger partial charge in [0.05, 0.1) is 6.33 Å². The van der Waals surface area contributed by atoms with Crippen LogP contribution in [0.4, 0.5) is 0 Å². The average Bonchev–Trinajstić information content (AvgIpc) is 2.62. The molecule has 0 fully saturated rings. The third-order valence-electron chi connectivity index (χ3n) is 1.37. The summed E-state index contributed by atoms with van der Waals surface area (Å²) in [6, 6.07) is 0. The van der Waals surface area contributed by atoms with Crippen LogP contribution in [0.1, 0.15) is 6.42 Å². The van der Waals surface area contributed by atoms with Gasteiger partial charge in [-0.3, -0.25) is 0 Å². The summed E-state index contributed by atoms with van der Waals surface area (Å²) in [5.41, 5.74) is 1.20. The molecule has 1 aromatic heterocycles. The van der Waals surface area contributed by atoms with Crippen molar-refractivity contribution in [1.29, 1.82) is 0 Å². The summed E-state index contributed by atoms with van der Waals surface area (Å²) < 4.78 is 0. The first-order valence-corrected chi connectivity index (χ1v) is 3.83. The standard InChI is InChI=1S/C7H8.C3H4N2/c1-7-5-3-2-4-6-7;1-2-5-3-4-1/h2-5H,1,6H2;1-3H,(H,4,5). The van der Waals surface area contributed by atoms with Crippen molar-refractivity contribution in [2.45, 2.75) is 6.42 Å². The van der Waals surface area contributed by atoms with Crippen molar-refractivity contribution in [3.05, 3.63) is 55.2 Å². The molecule has 1 aliphatic carbocycles. The van der Waals surface area contributed by atoms with Gasteiger partial charge in [-0.05, 0) is 6.42 Å². The van der Waals surface area contributed by atoms with Gasteiger partial charge in [0.25, 0.3) is 0 Å². The van der Waals surface area contributed by atoms with Gasteiger partial charge in [-0.25, -0.2) is 4.98 Å². The highest BCUT2D eigenvalue weighted by molar-refractivity contribution is 5.26. The van der Waals surface area contributed by atoms with Gasteiger partial charge < -0.3 is 4.98 Å². The molecule has 0 amide bonds. The second kappa shape index (κ2) is 5.13. The number of rotatable bonds is 0. The molecule has 0 bridgehead atoms. The Hall–Kier alpha value is -1.57. The van der Waals surface area contributed by atoms with Crippen LogP contribution in [-0.2, 0) is 0 Å². The zero-order chi connectivity index (χ0) is 8.65. The molecular formula is C10H12N2. The first-order chi connectivity index (χ1) is 5.89. The summed E-state index contributed by atoms with van der Waals surface area (Å²) in [7, 11) is 0. The SMILES string of the molecule is C=C1C=CC=CC1.c1c[nH]cn1. The van der Waals surface area contributed by atoms with Crippen LogP contribution in [0.5, 0.6) is 0 Å². The fourth-order valence-corrected chi connectivity index (χ4v) is 0.773. The summed E-state index contributed by atoms with van der Waals surface area (Å²) >= 11 is 0. The van der Waals surface area contributed by atoms with Crippen molar-refractivity contribution in [2.24, 2.45) is 0 Å². The Bertz CT molecular complexity index is 251. The molecule has 0 aromatic carbocycles. The number of aromatic nitrogens is 2. The lowest BCUT2D eigenvalue weighted by atomic mass is 10.1. The number of nitrogens with zero attached hydrogens (tertiary/aromatic N) is 1. The number of aromatic amines is 1. The molecule has 1 aliphatic rings. The molecule has 2 nitrogen and oxygen atoms in total. The third kappa shape index (κ3) is 3.56. The fourth-order valence-electron chi connectivity index (χ4n) is 0.773. The molecule has 12 heavy (non-hydrogen) atoms. The third-order valence-corrected chi connectivity index (χ3v) is 1.37. The lowest BCUT2D eigenvalue weighted by molar-refractivity contribution is 1.28. The molecule has 1 aromatic rings. The lowest BCUT2D eigenvalue weighted by Crippen LogP contribution is -1.74. The first-order valence-electron chi connectivity index (χ1n) is 3.83. The van der Waals surface area contributed by atoms with Crippen LogP contribution in [0.3, 0.4) is 0 Å². The Kier molecular flexibility index (Phi) is 3.64. The van der Waals surface area contributed by atoms with Gasteiger partial charge in [0.2, 0.25) is 0 Å². The molecule has 2 rings (SSSR count). The molecule has 1 heterocycles. The van der Waals surface area contributed by atoms with E-state index in [0.29, 0.717) is 0 Å². The van der Waals surface area contributed by atoms with E-state index in [1.807, 2.05) is 18.2 Å². The number of imidazole rings is 1. The van der Waals surface area contributed by atoms with Crippen LogP contribution in [0.15, 0.2) is 55.2 Å². The van der Waals surface area contributed by atoms with E-state index in [9.17, 15) is 0 Å². The molecular weight excluding hydrogens is 148 g/mol. The molecule has 0 saturated heterocycles. The van der Waals surface area contributed by atoms with Crippen LogP contribution in [0.25, 0.3) is 0 Å². The highest BCUT2D eigenvalue weighted by atomic mass is 14.8. The van der Waals surface area contributed by atoms with Gasteiger partial charge in [0.15, 0.2) is 0 Å². The topological polar surface area (TPSA) is 28.7 Å². The highest BCUT2D eigenvalue weighted by Gasteiger charge is 1.84. The van der Waals surface area contributed by atoms with E-state index in [2.05, 4.69) is 22.6 Å². The van der Waals surface area contributed by atoms with Crippen molar-refractivity contribution in [2.75, 3.05) is 0 Å². The molecule has 0 saturated carbocycles. The largest absolute Gasteiger partial charge is 0.351 e. The van der Waals surface area contributed by atoms with Crippen LogP contribution in [0.2, 0.25) is 0 Å². The van der Waals surface area contributed by atoms with Crippen molar-refractivity contribution >= 4 is 0 Å². The maximum absolute atomic E-state index is 3.78. The second-order valence-electron chi connectivity index (χ2n) is 2.41. The Morgan fingerprint density at radius 3 is 2.58 bits per heavy atom. The Balaban J connectivity index is 0.000000127. The zero-order valence-electron chi connectivity index (χ0n) is 6.90. The summed E-state index contributed by atoms with van der Waals surface area (Å²) in [5.74, 6) is 0. The highest BCUT2D eigenvalue weighted by Crippen LogP contribution is 2.05. The predicted octanol–water partition coefficient (Wildman–Crippen LogP) is 2.47. The molecule has 0 radical (unpaired) electrons. The smallest absolute Gasteiger partial charge is 0.0919 e. The van der Waals surface area contributed by atoms with Gasteiger partial charge in [-0.1, -0.05) is 36.5 Å². The van der Waals surface area contributed by atoms with E-state index in [0.717, 1.165) is 6.42 Å². The molecule has 2 heteroatoms. The van der Waals surface area contributed by atoms with Crippen molar-refractivity contribution in [1.82, 2.24) is 9.97 Å². The van der Waals surface area contributed by atoms with E-state index in [1.165, 1.54) is 5.57 Å². The Labute approximate surface area is 72.3 Å². The number of H-pyrrole nitrogens is 1. The van der Waals surface area contributed by atoms with Gasteiger partial charge in [0.1, 0.15) is 0 Å². The van der Waals surface area contributed by atoms with E-state index in [4.69, 9.17) is 0 Å². The molecule has 0 aliphatic heterocycles. The lowest BCUT2D eigenvalue weighted by Gasteiger charge is -1.94. The van der Waals surface area contributed by atoms with Crippen LogP contribution in [0, 0.1) is 0 Å². The van der Waals surface area contributed by atoms with E-state index < -0.39 is 0 Å². The normalized spacial score (nSPS) is 13.8. The molecule has 0 atom stereocenters. The van der Waals surface area contributed by atoms with Crippen molar-refractivity contribution < 1.29 is 0 Å². The minimum atomic E-state index is 1.02. The van der Waals surface area contributed by atoms with Crippen molar-refractivity contribution in [3.63, 3.8) is 0 Å². The number of hydrogen-bond donors (Lipinski definition) is 1. The summed E-state index contributed by atoms with van der Waals surface area (Å²) in [6.07, 6.45) is 14.3. The molecule has 1 N–H and O–H groups in total. The fraction of sp³-hybridized carbons (Fsp3) is 0.100. The number of allylic oxidation sites excluding steroid dienone is 5. The first kappa shape index (κ1) is 8.53. The van der Waals surface area contributed by atoms with E-state index >= 15 is 0 Å². The second-order valence-corrected chi connectivity index (χ2v) is 2.41. The average molecular weight is 160 g/mol. The van der Waals surface area contributed by atoms with Crippen molar-refractivity contribution in [3.8, 4) is 0 Å². The van der Waals surface area contributed by atoms with E-state index in [1.54, 1.807) is 18.7 Å². The summed E-state index contributed by atoms with van der Waals surface area (Å²) in [5, 5.41) is 0. The summed E-state index contributed by atoms with van der Waals surface area (Å²) in [6.45, 7) is 3.78. The maximum atomic E-state index is 3.78. The van der Waals surface area contributed by atoms with Crippen LogP contribution in [-0.4, -0.2) is 9.97 Å². The quantitative estimate of drug-likeness (QED) is 0.620. The van der Waals surface area contributed by atoms with Gasteiger partial charge in [-0.2, -0.15) is 0 Å². The van der Waals surface area contributed by atoms with Gasteiger partial charge in [-0.15, -0.1) is 0 Å². The maximum Gasteiger partial charge on any atom is 0.0919 e. The molecule has 0 unspecified atom stereocenters. The number of nitrogens with one attached hydrogen (secondary N) is 1. The summed E-state index contributed by atoms with van der Waals surface area (Å²) in [4.78, 5) is 6.42. The minimum Gasteiger partial charge on any atom is -0.351 e. The zero-order valence-corrected chi connectivity index (χ0v) is 6.90. The minimum absolute atomic E-state index is 1.02. The van der Waals surface area contributed by atoms with Crippen LogP contribution >= 0.6 is 0 Å².